The molecular weight excluding hydrogens is 210 g/mol. The van der Waals surface area contributed by atoms with E-state index in [1.165, 1.54) is 42.3 Å². The Morgan fingerprint density at radius 1 is 1.24 bits per heavy atom. The van der Waals surface area contributed by atoms with Gasteiger partial charge in [-0.05, 0) is 24.5 Å². The first-order valence-electron chi connectivity index (χ1n) is 6.55. The van der Waals surface area contributed by atoms with Gasteiger partial charge in [-0.3, -0.25) is 4.98 Å². The molecule has 88 valence electrons. The summed E-state index contributed by atoms with van der Waals surface area (Å²) in [4.78, 5) is 7.87. The number of aromatic nitrogens is 2. The number of nitrogens with zero attached hydrogens (tertiary/aromatic N) is 1. The van der Waals surface area contributed by atoms with Crippen molar-refractivity contribution in [3.8, 4) is 0 Å². The van der Waals surface area contributed by atoms with E-state index in [0.717, 1.165) is 13.1 Å². The van der Waals surface area contributed by atoms with Crippen molar-refractivity contribution in [3.05, 3.63) is 29.7 Å². The maximum atomic E-state index is 4.31. The molecule has 0 aromatic carbocycles. The monoisotopic (exact) mass is 227 g/mol. The molecular formula is C14H17N3. The molecule has 3 heteroatoms. The predicted octanol–water partition coefficient (Wildman–Crippen LogP) is 2.48. The lowest BCUT2D eigenvalue weighted by Gasteiger charge is -2.34. The third kappa shape index (κ3) is 1.23. The third-order valence-corrected chi connectivity index (χ3v) is 4.53. The second kappa shape index (κ2) is 3.33. The van der Waals surface area contributed by atoms with Crippen molar-refractivity contribution in [2.45, 2.75) is 37.6 Å². The van der Waals surface area contributed by atoms with Crippen molar-refractivity contribution in [1.82, 2.24) is 15.3 Å². The number of H-pyrrole nitrogens is 1. The second-order valence-electron chi connectivity index (χ2n) is 5.49. The van der Waals surface area contributed by atoms with E-state index < -0.39 is 0 Å². The van der Waals surface area contributed by atoms with E-state index in [9.17, 15) is 0 Å². The smallest absolute Gasteiger partial charge is 0.0490 e. The standard InChI is InChI=1S/C14H17N3/c1-2-5-14(4-1)9-16-8-12-13(14)10-7-15-6-3-11(10)17-12/h3,6-7,16-17H,1-2,4-5,8-9H2. The zero-order chi connectivity index (χ0) is 11.3. The summed E-state index contributed by atoms with van der Waals surface area (Å²) >= 11 is 0. The van der Waals surface area contributed by atoms with Gasteiger partial charge in [0.05, 0.1) is 0 Å². The maximum absolute atomic E-state index is 4.31. The van der Waals surface area contributed by atoms with E-state index in [1.54, 1.807) is 5.56 Å². The number of nitrogens with one attached hydrogen (secondary N) is 2. The van der Waals surface area contributed by atoms with Gasteiger partial charge >= 0.3 is 0 Å². The molecule has 0 unspecified atom stereocenters. The quantitative estimate of drug-likeness (QED) is 0.726. The molecule has 0 amide bonds. The largest absolute Gasteiger partial charge is 0.357 e. The highest BCUT2D eigenvalue weighted by Gasteiger charge is 2.41. The van der Waals surface area contributed by atoms with Gasteiger partial charge in [-0.1, -0.05) is 12.8 Å². The Labute approximate surface area is 101 Å². The Morgan fingerprint density at radius 2 is 2.12 bits per heavy atom. The minimum absolute atomic E-state index is 0.384. The molecule has 0 saturated heterocycles. The molecule has 3 heterocycles. The van der Waals surface area contributed by atoms with Crippen LogP contribution in [0.1, 0.15) is 36.9 Å². The van der Waals surface area contributed by atoms with Crippen LogP contribution < -0.4 is 5.32 Å². The van der Waals surface area contributed by atoms with Crippen molar-refractivity contribution in [3.63, 3.8) is 0 Å². The van der Waals surface area contributed by atoms with Gasteiger partial charge in [0.25, 0.3) is 0 Å². The van der Waals surface area contributed by atoms with Crippen molar-refractivity contribution in [2.75, 3.05) is 6.54 Å². The highest BCUT2D eigenvalue weighted by Crippen LogP contribution is 2.46. The Bertz CT molecular complexity index is 564. The summed E-state index contributed by atoms with van der Waals surface area (Å²) in [6.45, 7) is 2.12. The molecule has 2 aliphatic rings. The summed E-state index contributed by atoms with van der Waals surface area (Å²) in [6, 6.07) is 2.09. The first-order chi connectivity index (χ1) is 8.39. The molecule has 1 spiro atoms. The average molecular weight is 227 g/mol. The highest BCUT2D eigenvalue weighted by atomic mass is 14.9. The van der Waals surface area contributed by atoms with Crippen LogP contribution in [0.15, 0.2) is 18.5 Å². The zero-order valence-electron chi connectivity index (χ0n) is 9.92. The van der Waals surface area contributed by atoms with Crippen LogP contribution in [0.25, 0.3) is 10.9 Å². The summed E-state index contributed by atoms with van der Waals surface area (Å²) in [7, 11) is 0. The number of hydrogen-bond donors (Lipinski definition) is 2. The average Bonchev–Trinajstić information content (AvgIpc) is 2.94. The van der Waals surface area contributed by atoms with E-state index in [4.69, 9.17) is 0 Å². The van der Waals surface area contributed by atoms with Crippen LogP contribution in [0.3, 0.4) is 0 Å². The van der Waals surface area contributed by atoms with Gasteiger partial charge in [0.2, 0.25) is 0 Å². The summed E-state index contributed by atoms with van der Waals surface area (Å²) in [5, 5.41) is 4.94. The third-order valence-electron chi connectivity index (χ3n) is 4.53. The molecule has 2 aromatic heterocycles. The van der Waals surface area contributed by atoms with Crippen LogP contribution >= 0.6 is 0 Å². The highest BCUT2D eigenvalue weighted by molar-refractivity contribution is 5.85. The summed E-state index contributed by atoms with van der Waals surface area (Å²) < 4.78 is 0. The van der Waals surface area contributed by atoms with Gasteiger partial charge in [-0.25, -0.2) is 0 Å². The molecule has 1 fully saturated rings. The molecule has 0 bridgehead atoms. The Morgan fingerprint density at radius 3 is 3.00 bits per heavy atom. The summed E-state index contributed by atoms with van der Waals surface area (Å²) in [5.41, 5.74) is 4.59. The van der Waals surface area contributed by atoms with Crippen LogP contribution in [0, 0.1) is 0 Å². The molecule has 17 heavy (non-hydrogen) atoms. The van der Waals surface area contributed by atoms with Gasteiger partial charge in [-0.2, -0.15) is 0 Å². The predicted molar refractivity (Wildman–Crippen MR) is 67.9 cm³/mol. The fourth-order valence-electron chi connectivity index (χ4n) is 3.82. The molecule has 2 aromatic rings. The Kier molecular flexibility index (Phi) is 1.89. The van der Waals surface area contributed by atoms with Gasteiger partial charge in [0.1, 0.15) is 0 Å². The zero-order valence-corrected chi connectivity index (χ0v) is 9.92. The number of rotatable bonds is 0. The number of hydrogen-bond acceptors (Lipinski definition) is 2. The van der Waals surface area contributed by atoms with Crippen LogP contribution in [-0.4, -0.2) is 16.5 Å². The van der Waals surface area contributed by atoms with Crippen molar-refractivity contribution in [1.29, 1.82) is 0 Å². The lowest BCUT2D eigenvalue weighted by molar-refractivity contribution is 0.378. The SMILES string of the molecule is c1cc2[nH]c3c(c2cn1)C1(CCCC1)CNC3. The van der Waals surface area contributed by atoms with Crippen LogP contribution in [-0.2, 0) is 12.0 Å². The van der Waals surface area contributed by atoms with Crippen LogP contribution in [0.2, 0.25) is 0 Å². The van der Waals surface area contributed by atoms with E-state index >= 15 is 0 Å². The van der Waals surface area contributed by atoms with Gasteiger partial charge in [-0.15, -0.1) is 0 Å². The first-order valence-corrected chi connectivity index (χ1v) is 6.55. The lowest BCUT2D eigenvalue weighted by Crippen LogP contribution is -2.40. The van der Waals surface area contributed by atoms with Gasteiger partial charge in [0.15, 0.2) is 0 Å². The Balaban J connectivity index is 2.02. The van der Waals surface area contributed by atoms with Gasteiger partial charge < -0.3 is 10.3 Å². The van der Waals surface area contributed by atoms with E-state index in [-0.39, 0.29) is 0 Å². The fraction of sp³-hybridized carbons (Fsp3) is 0.500. The molecule has 1 aliphatic carbocycles. The van der Waals surface area contributed by atoms with Gasteiger partial charge in [0, 0.05) is 47.5 Å². The fourth-order valence-corrected chi connectivity index (χ4v) is 3.82. The molecule has 0 radical (unpaired) electrons. The number of fused-ring (bicyclic) bond motifs is 4. The minimum Gasteiger partial charge on any atom is -0.357 e. The van der Waals surface area contributed by atoms with Crippen molar-refractivity contribution in [2.24, 2.45) is 0 Å². The summed E-state index contributed by atoms with van der Waals surface area (Å²) in [6.07, 6.45) is 9.31. The van der Waals surface area contributed by atoms with Crippen LogP contribution in [0.5, 0.6) is 0 Å². The van der Waals surface area contributed by atoms with Crippen molar-refractivity contribution >= 4 is 10.9 Å². The topological polar surface area (TPSA) is 40.7 Å². The van der Waals surface area contributed by atoms with E-state index in [1.807, 2.05) is 12.4 Å². The van der Waals surface area contributed by atoms with E-state index in [0.29, 0.717) is 5.41 Å². The molecule has 3 nitrogen and oxygen atoms in total. The molecule has 1 saturated carbocycles. The lowest BCUT2D eigenvalue weighted by atomic mass is 9.75. The summed E-state index contributed by atoms with van der Waals surface area (Å²) in [5.74, 6) is 0. The molecule has 4 rings (SSSR count). The maximum Gasteiger partial charge on any atom is 0.0490 e. The minimum atomic E-state index is 0.384. The first kappa shape index (κ1) is 9.66. The van der Waals surface area contributed by atoms with Crippen LogP contribution in [0.4, 0.5) is 0 Å². The molecule has 0 atom stereocenters. The normalized spacial score (nSPS) is 22.1. The number of pyridine rings is 1. The Hall–Kier alpha value is -1.35. The molecule has 1 aliphatic heterocycles. The molecule has 2 N–H and O–H groups in total. The number of aromatic amines is 1. The van der Waals surface area contributed by atoms with Crippen molar-refractivity contribution < 1.29 is 0 Å². The van der Waals surface area contributed by atoms with E-state index in [2.05, 4.69) is 21.4 Å². The second-order valence-corrected chi connectivity index (χ2v) is 5.49.